The maximum atomic E-state index is 10.9. The molecule has 0 aliphatic carbocycles. The van der Waals surface area contributed by atoms with Crippen LogP contribution in [0.15, 0.2) is 10.5 Å². The minimum absolute atomic E-state index is 0.00444. The van der Waals surface area contributed by atoms with Crippen LogP contribution in [-0.2, 0) is 10.2 Å². The van der Waals surface area contributed by atoms with Crippen LogP contribution in [0.3, 0.4) is 0 Å². The third-order valence-corrected chi connectivity index (χ3v) is 3.18. The van der Waals surface area contributed by atoms with Crippen molar-refractivity contribution in [2.75, 3.05) is 0 Å². The van der Waals surface area contributed by atoms with E-state index < -0.39 is 11.4 Å². The van der Waals surface area contributed by atoms with Crippen molar-refractivity contribution in [1.29, 1.82) is 0 Å². The van der Waals surface area contributed by atoms with Crippen LogP contribution in [0.1, 0.15) is 37.4 Å². The highest BCUT2D eigenvalue weighted by Gasteiger charge is 2.36. The van der Waals surface area contributed by atoms with Gasteiger partial charge in [-0.2, -0.15) is 0 Å². The number of carboxylic acids is 1. The molecule has 0 aromatic carbocycles. The molecule has 0 amide bonds. The minimum Gasteiger partial charge on any atom is -0.481 e. The Balaban J connectivity index is 3.21. The lowest BCUT2D eigenvalue weighted by atomic mass is 9.74. The van der Waals surface area contributed by atoms with E-state index in [0.29, 0.717) is 0 Å². The summed E-state index contributed by atoms with van der Waals surface area (Å²) in [6.45, 7) is 7.37. The summed E-state index contributed by atoms with van der Waals surface area (Å²) in [7, 11) is 0. The summed E-state index contributed by atoms with van der Waals surface area (Å²) in [6, 6.07) is 1.63. The largest absolute Gasteiger partial charge is 0.481 e. The van der Waals surface area contributed by atoms with Crippen LogP contribution >= 0.6 is 0 Å². The molecule has 0 aliphatic rings. The van der Waals surface area contributed by atoms with Gasteiger partial charge in [0.25, 0.3) is 0 Å². The van der Waals surface area contributed by atoms with E-state index in [1.165, 1.54) is 0 Å². The molecular formula is C12H19NO3. The topological polar surface area (TPSA) is 76.5 Å². The molecule has 16 heavy (non-hydrogen) atoms. The van der Waals surface area contributed by atoms with E-state index in [4.69, 9.17) is 15.3 Å². The van der Waals surface area contributed by atoms with Gasteiger partial charge in [-0.25, -0.2) is 0 Å². The first-order valence-corrected chi connectivity index (χ1v) is 5.32. The highest BCUT2D eigenvalue weighted by molar-refractivity contribution is 5.69. The molecule has 0 fully saturated rings. The molecule has 1 aromatic heterocycles. The van der Waals surface area contributed by atoms with Gasteiger partial charge in [-0.1, -0.05) is 6.92 Å². The summed E-state index contributed by atoms with van der Waals surface area (Å²) in [6.07, 6.45) is 0.00444. The molecule has 90 valence electrons. The quantitative estimate of drug-likeness (QED) is 0.821. The van der Waals surface area contributed by atoms with E-state index in [1.54, 1.807) is 0 Å². The van der Waals surface area contributed by atoms with E-state index in [9.17, 15) is 4.79 Å². The number of aliphatic carboxylic acids is 1. The van der Waals surface area contributed by atoms with Gasteiger partial charge in [-0.05, 0) is 26.8 Å². The molecule has 2 atom stereocenters. The molecule has 0 spiro atoms. The first-order valence-electron chi connectivity index (χ1n) is 5.32. The van der Waals surface area contributed by atoms with Crippen molar-refractivity contribution < 1.29 is 14.3 Å². The molecule has 1 rings (SSSR count). The summed E-state index contributed by atoms with van der Waals surface area (Å²) in [5, 5.41) is 8.97. The molecule has 0 saturated carbocycles. The lowest BCUT2D eigenvalue weighted by Gasteiger charge is -2.31. The first kappa shape index (κ1) is 12.8. The summed E-state index contributed by atoms with van der Waals surface area (Å²) in [4.78, 5) is 10.9. The van der Waals surface area contributed by atoms with Crippen LogP contribution in [0, 0.1) is 13.8 Å². The Morgan fingerprint density at radius 2 is 2.19 bits per heavy atom. The molecule has 1 heterocycles. The zero-order valence-electron chi connectivity index (χ0n) is 10.2. The van der Waals surface area contributed by atoms with Gasteiger partial charge in [0.1, 0.15) is 11.5 Å². The maximum Gasteiger partial charge on any atom is 0.304 e. The Labute approximate surface area is 95.4 Å². The summed E-state index contributed by atoms with van der Waals surface area (Å²) >= 11 is 0. The van der Waals surface area contributed by atoms with Crippen molar-refractivity contribution in [3.63, 3.8) is 0 Å². The lowest BCUT2D eigenvalue weighted by Crippen LogP contribution is -2.42. The second kappa shape index (κ2) is 4.29. The van der Waals surface area contributed by atoms with Crippen LogP contribution in [0.4, 0.5) is 0 Å². The molecule has 0 aliphatic heterocycles. The van der Waals surface area contributed by atoms with Crippen LogP contribution in [-0.4, -0.2) is 17.1 Å². The Morgan fingerprint density at radius 1 is 1.62 bits per heavy atom. The van der Waals surface area contributed by atoms with Crippen LogP contribution in [0.2, 0.25) is 0 Å². The molecule has 2 unspecified atom stereocenters. The summed E-state index contributed by atoms with van der Waals surface area (Å²) in [5.41, 5.74) is 6.23. The highest BCUT2D eigenvalue weighted by atomic mass is 16.4. The number of carboxylic acid groups (broad SMARTS) is 1. The monoisotopic (exact) mass is 225 g/mol. The summed E-state index contributed by atoms with van der Waals surface area (Å²) in [5.74, 6) is 0.682. The number of rotatable bonds is 4. The van der Waals surface area contributed by atoms with Crippen molar-refractivity contribution in [2.45, 2.75) is 45.6 Å². The third kappa shape index (κ3) is 2.27. The normalized spacial score (nSPS) is 16.8. The fraction of sp³-hybridized carbons (Fsp3) is 0.583. The van der Waals surface area contributed by atoms with Gasteiger partial charge < -0.3 is 15.3 Å². The number of hydrogen-bond donors (Lipinski definition) is 2. The second-order valence-corrected chi connectivity index (χ2v) is 4.60. The third-order valence-electron chi connectivity index (χ3n) is 3.18. The standard InChI is InChI=1S/C12H19NO3/c1-7-5-10(8(2)16-7)12(4,9(3)13)6-11(14)15/h5,9H,6,13H2,1-4H3,(H,14,15). The number of hydrogen-bond acceptors (Lipinski definition) is 3. The zero-order chi connectivity index (χ0) is 12.5. The number of furan rings is 1. The molecule has 0 saturated heterocycles. The first-order chi connectivity index (χ1) is 7.27. The van der Waals surface area contributed by atoms with Crippen molar-refractivity contribution in [3.05, 3.63) is 23.2 Å². The van der Waals surface area contributed by atoms with E-state index in [2.05, 4.69) is 0 Å². The molecule has 0 radical (unpaired) electrons. The van der Waals surface area contributed by atoms with Crippen molar-refractivity contribution in [3.8, 4) is 0 Å². The second-order valence-electron chi connectivity index (χ2n) is 4.60. The predicted octanol–water partition coefficient (Wildman–Crippen LogP) is 1.98. The lowest BCUT2D eigenvalue weighted by molar-refractivity contribution is -0.138. The van der Waals surface area contributed by atoms with Crippen molar-refractivity contribution >= 4 is 5.97 Å². The van der Waals surface area contributed by atoms with Gasteiger partial charge in [0.2, 0.25) is 0 Å². The molecule has 0 bridgehead atoms. The maximum absolute atomic E-state index is 10.9. The van der Waals surface area contributed by atoms with Gasteiger partial charge in [-0.3, -0.25) is 4.79 Å². The Morgan fingerprint density at radius 3 is 2.50 bits per heavy atom. The molecule has 4 heteroatoms. The zero-order valence-corrected chi connectivity index (χ0v) is 10.2. The van der Waals surface area contributed by atoms with E-state index in [-0.39, 0.29) is 12.5 Å². The average Bonchev–Trinajstić information content (AvgIpc) is 2.44. The van der Waals surface area contributed by atoms with Gasteiger partial charge >= 0.3 is 5.97 Å². The fourth-order valence-electron chi connectivity index (χ4n) is 2.01. The minimum atomic E-state index is -0.849. The molecule has 3 N–H and O–H groups in total. The van der Waals surface area contributed by atoms with Crippen LogP contribution < -0.4 is 5.73 Å². The SMILES string of the molecule is Cc1cc(C(C)(CC(=O)O)C(C)N)c(C)o1. The predicted molar refractivity (Wildman–Crippen MR) is 61.4 cm³/mol. The van der Waals surface area contributed by atoms with E-state index in [1.807, 2.05) is 33.8 Å². The fourth-order valence-corrected chi connectivity index (χ4v) is 2.01. The van der Waals surface area contributed by atoms with Crippen molar-refractivity contribution in [2.24, 2.45) is 5.73 Å². The Kier molecular flexibility index (Phi) is 3.43. The van der Waals surface area contributed by atoms with E-state index >= 15 is 0 Å². The van der Waals surface area contributed by atoms with Crippen molar-refractivity contribution in [1.82, 2.24) is 0 Å². The van der Waals surface area contributed by atoms with Gasteiger partial charge in [0.15, 0.2) is 0 Å². The Bertz CT molecular complexity index is 395. The summed E-state index contributed by atoms with van der Waals surface area (Å²) < 4.78 is 5.44. The van der Waals surface area contributed by atoms with Gasteiger partial charge in [0, 0.05) is 17.0 Å². The number of carbonyl (C=O) groups is 1. The van der Waals surface area contributed by atoms with Gasteiger partial charge in [-0.15, -0.1) is 0 Å². The van der Waals surface area contributed by atoms with Gasteiger partial charge in [0.05, 0.1) is 6.42 Å². The molecular weight excluding hydrogens is 206 g/mol. The Hall–Kier alpha value is -1.29. The number of nitrogens with two attached hydrogens (primary N) is 1. The van der Waals surface area contributed by atoms with Crippen LogP contribution in [0.5, 0.6) is 0 Å². The smallest absolute Gasteiger partial charge is 0.304 e. The average molecular weight is 225 g/mol. The number of aryl methyl sites for hydroxylation is 2. The van der Waals surface area contributed by atoms with E-state index in [0.717, 1.165) is 17.1 Å². The molecule has 1 aromatic rings. The molecule has 4 nitrogen and oxygen atoms in total. The highest BCUT2D eigenvalue weighted by Crippen LogP contribution is 2.34. The van der Waals surface area contributed by atoms with Crippen LogP contribution in [0.25, 0.3) is 0 Å².